The van der Waals surface area contributed by atoms with Gasteiger partial charge in [0.2, 0.25) is 0 Å². The summed E-state index contributed by atoms with van der Waals surface area (Å²) < 4.78 is 5.42. The van der Waals surface area contributed by atoms with E-state index in [0.29, 0.717) is 41.9 Å². The van der Waals surface area contributed by atoms with Gasteiger partial charge in [-0.25, -0.2) is 9.97 Å². The molecule has 11 nitrogen and oxygen atoms in total. The van der Waals surface area contributed by atoms with E-state index in [0.717, 1.165) is 11.4 Å². The first-order valence-corrected chi connectivity index (χ1v) is 10.5. The lowest BCUT2D eigenvalue weighted by Gasteiger charge is -2.18. The number of carboxylic acid groups (broad SMARTS) is 1. The highest BCUT2D eigenvalue weighted by Crippen LogP contribution is 2.26. The lowest BCUT2D eigenvalue weighted by molar-refractivity contribution is -0.137. The molecule has 170 valence electrons. The number of anilines is 1. The van der Waals surface area contributed by atoms with Crippen LogP contribution in [-0.4, -0.2) is 63.5 Å². The number of hydrogen-bond donors (Lipinski definition) is 4. The molecule has 3 atom stereocenters. The summed E-state index contributed by atoms with van der Waals surface area (Å²) in [5.74, 6) is -1.24. The molecule has 4 heterocycles. The molecule has 0 unspecified atom stereocenters. The molecule has 0 aliphatic carbocycles. The predicted molar refractivity (Wildman–Crippen MR) is 118 cm³/mol. The van der Waals surface area contributed by atoms with Crippen LogP contribution in [0.1, 0.15) is 28.4 Å². The molecule has 2 aliphatic rings. The van der Waals surface area contributed by atoms with E-state index in [4.69, 9.17) is 9.57 Å². The van der Waals surface area contributed by atoms with Crippen LogP contribution in [0, 0.1) is 5.92 Å². The van der Waals surface area contributed by atoms with Gasteiger partial charge in [-0.05, 0) is 17.7 Å². The number of benzene rings is 1. The molecule has 1 saturated heterocycles. The minimum atomic E-state index is -1.02. The number of aliphatic carboxylic acids is 1. The molecule has 0 spiro atoms. The van der Waals surface area contributed by atoms with E-state index >= 15 is 0 Å². The number of carboxylic acids is 1. The molecule has 0 radical (unpaired) electrons. The van der Waals surface area contributed by atoms with Crippen molar-refractivity contribution in [3.05, 3.63) is 54.1 Å². The molecule has 1 aromatic carbocycles. The first-order valence-electron chi connectivity index (χ1n) is 10.5. The Kier molecular flexibility index (Phi) is 5.61. The highest BCUT2D eigenvalue weighted by atomic mass is 16.7. The molecule has 0 saturated carbocycles. The molecule has 1 fully saturated rings. The number of carbonyl (C=O) groups excluding carboxylic acids is 1. The van der Waals surface area contributed by atoms with Gasteiger partial charge in [-0.15, -0.1) is 0 Å². The van der Waals surface area contributed by atoms with Crippen molar-refractivity contribution in [2.75, 3.05) is 25.1 Å². The highest BCUT2D eigenvalue weighted by Gasteiger charge is 2.38. The quantitative estimate of drug-likeness (QED) is 0.405. The van der Waals surface area contributed by atoms with Gasteiger partial charge in [0.15, 0.2) is 6.10 Å². The van der Waals surface area contributed by atoms with Crippen LogP contribution in [0.5, 0.6) is 0 Å². The van der Waals surface area contributed by atoms with Gasteiger partial charge in [0.1, 0.15) is 12.0 Å². The first-order chi connectivity index (χ1) is 16.1. The minimum Gasteiger partial charge on any atom is -0.481 e. The summed E-state index contributed by atoms with van der Waals surface area (Å²) in [6.45, 7) is 1.71. The molecule has 0 bridgehead atoms. The Balaban J connectivity index is 1.26. The van der Waals surface area contributed by atoms with Crippen molar-refractivity contribution in [2.45, 2.75) is 18.6 Å². The largest absolute Gasteiger partial charge is 0.481 e. The third-order valence-corrected chi connectivity index (χ3v) is 5.83. The van der Waals surface area contributed by atoms with Gasteiger partial charge >= 0.3 is 5.97 Å². The molecule has 33 heavy (non-hydrogen) atoms. The maximum absolute atomic E-state index is 12.9. The number of oxime groups is 1. The minimum absolute atomic E-state index is 0.00766. The Hall–Kier alpha value is -3.99. The Morgan fingerprint density at radius 2 is 2.09 bits per heavy atom. The zero-order valence-corrected chi connectivity index (χ0v) is 17.5. The third-order valence-electron chi connectivity index (χ3n) is 5.83. The molecular weight excluding hydrogens is 428 g/mol. The van der Waals surface area contributed by atoms with Crippen LogP contribution in [0.2, 0.25) is 0 Å². The van der Waals surface area contributed by atoms with Crippen LogP contribution in [-0.2, 0) is 14.4 Å². The second-order valence-electron chi connectivity index (χ2n) is 7.96. The monoisotopic (exact) mass is 450 g/mol. The topological polar surface area (TPSA) is 151 Å². The summed E-state index contributed by atoms with van der Waals surface area (Å²) in [4.78, 5) is 40.6. The number of amides is 1. The second-order valence-corrected chi connectivity index (χ2v) is 7.96. The Morgan fingerprint density at radius 1 is 1.24 bits per heavy atom. The smallest absolute Gasteiger partial charge is 0.305 e. The number of carbonyl (C=O) groups is 2. The van der Waals surface area contributed by atoms with E-state index < -0.39 is 17.9 Å². The van der Waals surface area contributed by atoms with Crippen LogP contribution in [0.3, 0.4) is 0 Å². The maximum atomic E-state index is 12.9. The van der Waals surface area contributed by atoms with Crippen LogP contribution in [0.15, 0.2) is 48.1 Å². The van der Waals surface area contributed by atoms with Crippen LogP contribution in [0.25, 0.3) is 11.0 Å². The van der Waals surface area contributed by atoms with E-state index in [1.54, 1.807) is 18.3 Å². The number of rotatable bonds is 8. The number of ether oxygens (including phenoxy) is 1. The molecule has 11 heteroatoms. The second kappa shape index (κ2) is 8.87. The number of fused-ring (bicyclic) bond motifs is 2. The normalized spacial score (nSPS) is 20.1. The number of nitrogens with one attached hydrogen (secondary N) is 3. The lowest BCUT2D eigenvalue weighted by atomic mass is 10.0. The predicted octanol–water partition coefficient (Wildman–Crippen LogP) is 1.72. The van der Waals surface area contributed by atoms with E-state index in [9.17, 15) is 14.7 Å². The fourth-order valence-electron chi connectivity index (χ4n) is 4.05. The van der Waals surface area contributed by atoms with Gasteiger partial charge in [-0.2, -0.15) is 0 Å². The van der Waals surface area contributed by atoms with Gasteiger partial charge in [-0.3, -0.25) is 9.59 Å². The molecule has 3 aromatic rings. The summed E-state index contributed by atoms with van der Waals surface area (Å²) in [6.07, 6.45) is 4.22. The van der Waals surface area contributed by atoms with Crippen molar-refractivity contribution in [3.8, 4) is 0 Å². The summed E-state index contributed by atoms with van der Waals surface area (Å²) in [5.41, 5.74) is 3.33. The molecule has 4 N–H and O–H groups in total. The van der Waals surface area contributed by atoms with Crippen molar-refractivity contribution >= 4 is 34.3 Å². The molecule has 2 aromatic heterocycles. The average Bonchev–Trinajstić information content (AvgIpc) is 3.53. The van der Waals surface area contributed by atoms with Crippen molar-refractivity contribution in [1.29, 1.82) is 0 Å². The van der Waals surface area contributed by atoms with Gasteiger partial charge in [0, 0.05) is 23.5 Å². The highest BCUT2D eigenvalue weighted by molar-refractivity contribution is 6.05. The Labute approximate surface area is 188 Å². The molecule has 2 aliphatic heterocycles. The van der Waals surface area contributed by atoms with Crippen LogP contribution >= 0.6 is 0 Å². The van der Waals surface area contributed by atoms with Gasteiger partial charge in [0.25, 0.3) is 5.91 Å². The fourth-order valence-corrected chi connectivity index (χ4v) is 4.05. The standard InChI is InChI=1S/C22H22N6O5/c29-20(30)5-17(27-22(31)15-7-25-21-14(15)6-23-11-26-21)12-1-3-13(4-2-12)24-8-18-16-9-32-10-19(16)33-28-18/h1-4,6-7,11,16-17,19,24H,5,8-10H2,(H,27,31)(H,29,30)(H,23,25,26)/t16-,17-,19-/m1/s1. The number of aromatic nitrogens is 3. The number of aromatic amines is 1. The fraction of sp³-hybridized carbons (Fsp3) is 0.318. The number of H-pyrrole nitrogens is 1. The first kappa shape index (κ1) is 20.9. The van der Waals surface area contributed by atoms with Gasteiger partial charge < -0.3 is 30.3 Å². The summed E-state index contributed by atoms with van der Waals surface area (Å²) in [6, 6.07) is 6.57. The molecule has 5 rings (SSSR count). The third kappa shape index (κ3) is 4.35. The summed E-state index contributed by atoms with van der Waals surface area (Å²) >= 11 is 0. The zero-order chi connectivity index (χ0) is 22.8. The van der Waals surface area contributed by atoms with Gasteiger partial charge in [-0.1, -0.05) is 17.3 Å². The van der Waals surface area contributed by atoms with Crippen LogP contribution in [0.4, 0.5) is 5.69 Å². The van der Waals surface area contributed by atoms with E-state index in [1.807, 2.05) is 12.1 Å². The van der Waals surface area contributed by atoms with Crippen molar-refractivity contribution < 1.29 is 24.3 Å². The Morgan fingerprint density at radius 3 is 2.91 bits per heavy atom. The molecular formula is C22H22N6O5. The van der Waals surface area contributed by atoms with E-state index in [1.165, 1.54) is 12.5 Å². The number of hydrogen-bond acceptors (Lipinski definition) is 8. The van der Waals surface area contributed by atoms with Crippen molar-refractivity contribution in [1.82, 2.24) is 20.3 Å². The van der Waals surface area contributed by atoms with Gasteiger partial charge in [0.05, 0.1) is 49.4 Å². The van der Waals surface area contributed by atoms with Crippen LogP contribution < -0.4 is 10.6 Å². The summed E-state index contributed by atoms with van der Waals surface area (Å²) in [5, 5.41) is 20.2. The van der Waals surface area contributed by atoms with E-state index in [-0.39, 0.29) is 18.4 Å². The zero-order valence-electron chi connectivity index (χ0n) is 17.5. The SMILES string of the molecule is O=C(O)C[C@@H](NC(=O)c1c[nH]c2ncncc12)c1ccc(NCC2=NO[C@@H]3COC[C@H]23)cc1. The summed E-state index contributed by atoms with van der Waals surface area (Å²) in [7, 11) is 0. The lowest BCUT2D eigenvalue weighted by Crippen LogP contribution is -2.30. The maximum Gasteiger partial charge on any atom is 0.305 e. The van der Waals surface area contributed by atoms with E-state index in [2.05, 4.69) is 30.7 Å². The molecule has 1 amide bonds. The number of nitrogens with zero attached hydrogens (tertiary/aromatic N) is 3. The average molecular weight is 450 g/mol. The van der Waals surface area contributed by atoms with Crippen molar-refractivity contribution in [2.24, 2.45) is 11.1 Å². The Bertz CT molecular complexity index is 1210. The van der Waals surface area contributed by atoms with Crippen molar-refractivity contribution in [3.63, 3.8) is 0 Å².